The van der Waals surface area contributed by atoms with Crippen LogP contribution in [0.4, 0.5) is 0 Å². The number of aromatic nitrogens is 2. The van der Waals surface area contributed by atoms with Crippen molar-refractivity contribution in [3.05, 3.63) is 41.1 Å². The minimum absolute atomic E-state index is 0.431. The number of ether oxygens (including phenoxy) is 1. The maximum absolute atomic E-state index is 5.90. The molecule has 1 aromatic carbocycles. The lowest BCUT2D eigenvalue weighted by Crippen LogP contribution is -2.01. The highest BCUT2D eigenvalue weighted by atomic mass is 16.5. The first-order chi connectivity index (χ1) is 8.13. The predicted octanol–water partition coefficient (Wildman–Crippen LogP) is 2.29. The van der Waals surface area contributed by atoms with Gasteiger partial charge in [0.15, 0.2) is 0 Å². The molecule has 4 heteroatoms. The minimum Gasteiger partial charge on any atom is -0.439 e. The Kier molecular flexibility index (Phi) is 3.15. The molecule has 0 atom stereocenters. The van der Waals surface area contributed by atoms with Crippen LogP contribution >= 0.6 is 0 Å². The Labute approximate surface area is 101 Å². The van der Waals surface area contributed by atoms with Gasteiger partial charge in [-0.15, -0.1) is 0 Å². The van der Waals surface area contributed by atoms with Crippen molar-refractivity contribution in [2.24, 2.45) is 12.8 Å². The van der Waals surface area contributed by atoms with Crippen LogP contribution in [0, 0.1) is 13.8 Å². The summed E-state index contributed by atoms with van der Waals surface area (Å²) in [5.74, 6) is 1.56. The van der Waals surface area contributed by atoms with E-state index in [0.717, 1.165) is 28.5 Å². The molecular formula is C13H17N3O. The monoisotopic (exact) mass is 231 g/mol. The normalized spacial score (nSPS) is 10.6. The summed E-state index contributed by atoms with van der Waals surface area (Å²) in [5, 5.41) is 4.32. The average molecular weight is 231 g/mol. The number of hydrogen-bond acceptors (Lipinski definition) is 3. The van der Waals surface area contributed by atoms with Crippen molar-refractivity contribution in [3.8, 4) is 11.6 Å². The number of hydrogen-bond donors (Lipinski definition) is 1. The summed E-state index contributed by atoms with van der Waals surface area (Å²) in [6.07, 6.45) is 0. The van der Waals surface area contributed by atoms with E-state index in [4.69, 9.17) is 10.5 Å². The third kappa shape index (κ3) is 2.17. The molecule has 0 saturated heterocycles. The predicted molar refractivity (Wildman–Crippen MR) is 67.1 cm³/mol. The van der Waals surface area contributed by atoms with Gasteiger partial charge in [0.2, 0.25) is 5.88 Å². The highest BCUT2D eigenvalue weighted by Gasteiger charge is 2.14. The highest BCUT2D eigenvalue weighted by Crippen LogP contribution is 2.28. The molecule has 90 valence electrons. The Balaban J connectivity index is 2.40. The van der Waals surface area contributed by atoms with E-state index in [2.05, 4.69) is 5.10 Å². The summed E-state index contributed by atoms with van der Waals surface area (Å²) in [6.45, 7) is 4.38. The molecule has 17 heavy (non-hydrogen) atoms. The Morgan fingerprint density at radius 1 is 1.29 bits per heavy atom. The molecule has 0 fully saturated rings. The second-order valence-electron chi connectivity index (χ2n) is 4.06. The van der Waals surface area contributed by atoms with Gasteiger partial charge in [0, 0.05) is 13.6 Å². The number of aryl methyl sites for hydroxylation is 3. The number of para-hydroxylation sites is 1. The lowest BCUT2D eigenvalue weighted by molar-refractivity contribution is 0.423. The molecule has 0 spiro atoms. The molecule has 0 unspecified atom stereocenters. The second kappa shape index (κ2) is 4.59. The summed E-state index contributed by atoms with van der Waals surface area (Å²) >= 11 is 0. The van der Waals surface area contributed by atoms with Crippen molar-refractivity contribution in [1.82, 2.24) is 9.78 Å². The maximum Gasteiger partial charge on any atom is 0.222 e. The van der Waals surface area contributed by atoms with E-state index in [1.54, 1.807) is 4.68 Å². The van der Waals surface area contributed by atoms with E-state index in [1.807, 2.05) is 45.2 Å². The molecule has 0 saturated carbocycles. The molecule has 4 nitrogen and oxygen atoms in total. The summed E-state index contributed by atoms with van der Waals surface area (Å²) in [7, 11) is 1.86. The minimum atomic E-state index is 0.431. The van der Waals surface area contributed by atoms with Gasteiger partial charge in [-0.3, -0.25) is 0 Å². The number of benzene rings is 1. The van der Waals surface area contributed by atoms with Crippen molar-refractivity contribution < 1.29 is 4.74 Å². The molecule has 0 bridgehead atoms. The van der Waals surface area contributed by atoms with E-state index in [0.29, 0.717) is 6.54 Å². The zero-order valence-electron chi connectivity index (χ0n) is 10.4. The molecule has 0 aliphatic carbocycles. The van der Waals surface area contributed by atoms with Crippen LogP contribution in [-0.2, 0) is 13.6 Å². The Hall–Kier alpha value is -1.81. The van der Waals surface area contributed by atoms with E-state index < -0.39 is 0 Å². The summed E-state index contributed by atoms with van der Waals surface area (Å²) in [4.78, 5) is 0. The largest absolute Gasteiger partial charge is 0.439 e. The quantitative estimate of drug-likeness (QED) is 0.881. The number of nitrogens with zero attached hydrogens (tertiary/aromatic N) is 2. The Bertz CT molecular complexity index is 531. The van der Waals surface area contributed by atoms with Gasteiger partial charge < -0.3 is 10.5 Å². The first-order valence-corrected chi connectivity index (χ1v) is 5.59. The van der Waals surface area contributed by atoms with Crippen LogP contribution < -0.4 is 10.5 Å². The van der Waals surface area contributed by atoms with Crippen LogP contribution in [0.3, 0.4) is 0 Å². The molecule has 2 rings (SSSR count). The van der Waals surface area contributed by atoms with Crippen molar-refractivity contribution in [2.75, 3.05) is 0 Å². The van der Waals surface area contributed by atoms with Gasteiger partial charge in [0.1, 0.15) is 5.75 Å². The maximum atomic E-state index is 5.90. The van der Waals surface area contributed by atoms with Crippen molar-refractivity contribution >= 4 is 0 Å². The first kappa shape index (κ1) is 11.7. The van der Waals surface area contributed by atoms with Gasteiger partial charge in [-0.25, -0.2) is 4.68 Å². The Morgan fingerprint density at radius 2 is 2.00 bits per heavy atom. The summed E-state index contributed by atoms with van der Waals surface area (Å²) in [5.41, 5.74) is 8.68. The summed E-state index contributed by atoms with van der Waals surface area (Å²) in [6, 6.07) is 7.90. The van der Waals surface area contributed by atoms with Crippen LogP contribution in [0.1, 0.15) is 16.8 Å². The summed E-state index contributed by atoms with van der Waals surface area (Å²) < 4.78 is 7.63. The van der Waals surface area contributed by atoms with Gasteiger partial charge in [-0.2, -0.15) is 5.10 Å². The smallest absolute Gasteiger partial charge is 0.222 e. The van der Waals surface area contributed by atoms with E-state index in [-0.39, 0.29) is 0 Å². The average Bonchev–Trinajstić information content (AvgIpc) is 2.56. The van der Waals surface area contributed by atoms with E-state index >= 15 is 0 Å². The Morgan fingerprint density at radius 3 is 2.65 bits per heavy atom. The van der Waals surface area contributed by atoms with E-state index in [1.165, 1.54) is 0 Å². The fraction of sp³-hybridized carbons (Fsp3) is 0.308. The van der Waals surface area contributed by atoms with Gasteiger partial charge in [0.05, 0.1) is 11.3 Å². The van der Waals surface area contributed by atoms with Crippen molar-refractivity contribution in [1.29, 1.82) is 0 Å². The molecule has 2 aromatic rings. The van der Waals surface area contributed by atoms with Crippen LogP contribution in [0.25, 0.3) is 0 Å². The van der Waals surface area contributed by atoms with Crippen LogP contribution in [-0.4, -0.2) is 9.78 Å². The molecule has 1 heterocycles. The van der Waals surface area contributed by atoms with Crippen LogP contribution in [0.2, 0.25) is 0 Å². The van der Waals surface area contributed by atoms with Gasteiger partial charge in [-0.1, -0.05) is 18.2 Å². The zero-order chi connectivity index (χ0) is 12.4. The van der Waals surface area contributed by atoms with Crippen LogP contribution in [0.15, 0.2) is 24.3 Å². The van der Waals surface area contributed by atoms with Gasteiger partial charge in [0.25, 0.3) is 0 Å². The fourth-order valence-electron chi connectivity index (χ4n) is 1.82. The molecule has 0 aliphatic heterocycles. The lowest BCUT2D eigenvalue weighted by atomic mass is 10.2. The molecule has 0 radical (unpaired) electrons. The third-order valence-corrected chi connectivity index (χ3v) is 2.79. The topological polar surface area (TPSA) is 53.1 Å². The second-order valence-corrected chi connectivity index (χ2v) is 4.06. The van der Waals surface area contributed by atoms with Crippen molar-refractivity contribution in [3.63, 3.8) is 0 Å². The molecule has 2 N–H and O–H groups in total. The molecule has 0 amide bonds. The SMILES string of the molecule is Cc1ccccc1Oc1c(CN)c(C)nn1C. The highest BCUT2D eigenvalue weighted by molar-refractivity contribution is 5.39. The first-order valence-electron chi connectivity index (χ1n) is 5.59. The molecule has 1 aromatic heterocycles. The van der Waals surface area contributed by atoms with E-state index in [9.17, 15) is 0 Å². The fourth-order valence-corrected chi connectivity index (χ4v) is 1.82. The number of nitrogens with two attached hydrogens (primary N) is 1. The molecular weight excluding hydrogens is 214 g/mol. The standard InChI is InChI=1S/C13H17N3O/c1-9-6-4-5-7-12(9)17-13-11(8-14)10(2)15-16(13)3/h4-7H,8,14H2,1-3H3. The zero-order valence-corrected chi connectivity index (χ0v) is 10.4. The molecule has 0 aliphatic rings. The third-order valence-electron chi connectivity index (χ3n) is 2.79. The van der Waals surface area contributed by atoms with Gasteiger partial charge in [-0.05, 0) is 25.5 Å². The lowest BCUT2D eigenvalue weighted by Gasteiger charge is -2.09. The van der Waals surface area contributed by atoms with Crippen LogP contribution in [0.5, 0.6) is 11.6 Å². The van der Waals surface area contributed by atoms with Crippen molar-refractivity contribution in [2.45, 2.75) is 20.4 Å². The van der Waals surface area contributed by atoms with Gasteiger partial charge >= 0.3 is 0 Å². The number of rotatable bonds is 3.